The summed E-state index contributed by atoms with van der Waals surface area (Å²) in [5, 5.41) is 0. The van der Waals surface area contributed by atoms with Crippen molar-refractivity contribution < 1.29 is 0 Å². The van der Waals surface area contributed by atoms with Gasteiger partial charge in [0.15, 0.2) is 0 Å². The molecule has 1 nitrogen and oxygen atoms in total. The van der Waals surface area contributed by atoms with E-state index in [1.807, 2.05) is 6.92 Å². The average Bonchev–Trinajstić information content (AvgIpc) is 1.83. The Kier molecular flexibility index (Phi) is 3.85. The summed E-state index contributed by atoms with van der Waals surface area (Å²) in [6.07, 6.45) is 3.38. The molecule has 0 amide bonds. The Bertz CT molecular complexity index is 102. The van der Waals surface area contributed by atoms with Gasteiger partial charge in [0.25, 0.3) is 0 Å². The minimum Gasteiger partial charge on any atom is -0.286 e. The third-order valence-electron chi connectivity index (χ3n) is 0.759. The fourth-order valence-corrected chi connectivity index (χ4v) is 0.395. The first kappa shape index (κ1) is 7.15. The van der Waals surface area contributed by atoms with Crippen LogP contribution in [0.1, 0.15) is 6.92 Å². The van der Waals surface area contributed by atoms with Crippen molar-refractivity contribution in [3.8, 4) is 0 Å². The van der Waals surface area contributed by atoms with E-state index in [1.165, 1.54) is 0 Å². The first-order valence-corrected chi connectivity index (χ1v) is 2.64. The molecule has 0 spiro atoms. The molecule has 44 valence electrons. The van der Waals surface area contributed by atoms with Gasteiger partial charge >= 0.3 is 0 Å². The predicted molar refractivity (Wildman–Crippen MR) is 38.4 cm³/mol. The van der Waals surface area contributed by atoms with E-state index in [-0.39, 0.29) is 0 Å². The van der Waals surface area contributed by atoms with E-state index in [0.717, 1.165) is 12.3 Å². The highest BCUT2D eigenvalue weighted by molar-refractivity contribution is 6.03. The van der Waals surface area contributed by atoms with Gasteiger partial charge in [0, 0.05) is 6.54 Å². The van der Waals surface area contributed by atoms with Crippen LogP contribution in [-0.2, 0) is 0 Å². The maximum atomic E-state index is 4.04. The molecule has 0 aromatic heterocycles. The standard InChI is InChI=1S/C7H11N/c1-4-7(5-2)8-6-3/h4-5H,1-2,6H2,3H3. The monoisotopic (exact) mass is 109 g/mol. The number of rotatable bonds is 3. The molecule has 0 rings (SSSR count). The van der Waals surface area contributed by atoms with Crippen LogP contribution in [-0.4, -0.2) is 12.3 Å². The van der Waals surface area contributed by atoms with Gasteiger partial charge < -0.3 is 0 Å². The number of aliphatic imine (C=N–C) groups is 1. The van der Waals surface area contributed by atoms with Gasteiger partial charge in [-0.2, -0.15) is 0 Å². The number of hydrogen-bond donors (Lipinski definition) is 0. The smallest absolute Gasteiger partial charge is 0.0562 e. The molecule has 0 radical (unpaired) electrons. The second-order valence-corrected chi connectivity index (χ2v) is 1.31. The van der Waals surface area contributed by atoms with Crippen molar-refractivity contribution in [2.45, 2.75) is 6.92 Å². The van der Waals surface area contributed by atoms with Crippen LogP contribution in [0.3, 0.4) is 0 Å². The Morgan fingerprint density at radius 1 is 1.50 bits per heavy atom. The number of nitrogens with zero attached hydrogens (tertiary/aromatic N) is 1. The predicted octanol–water partition coefficient (Wildman–Crippen LogP) is 1.82. The lowest BCUT2D eigenvalue weighted by Crippen LogP contribution is -1.85. The quantitative estimate of drug-likeness (QED) is 0.490. The molecular formula is C7H11N. The largest absolute Gasteiger partial charge is 0.286 e. The Balaban J connectivity index is 3.85. The van der Waals surface area contributed by atoms with Gasteiger partial charge in [-0.1, -0.05) is 13.2 Å². The van der Waals surface area contributed by atoms with Crippen LogP contribution >= 0.6 is 0 Å². The van der Waals surface area contributed by atoms with Crippen LogP contribution in [0.5, 0.6) is 0 Å². The molecular weight excluding hydrogens is 98.1 g/mol. The summed E-state index contributed by atoms with van der Waals surface area (Å²) < 4.78 is 0. The van der Waals surface area contributed by atoms with Gasteiger partial charge in [0.05, 0.1) is 5.71 Å². The average molecular weight is 109 g/mol. The van der Waals surface area contributed by atoms with Crippen LogP contribution in [0.15, 0.2) is 30.3 Å². The van der Waals surface area contributed by atoms with Gasteiger partial charge in [-0.05, 0) is 19.1 Å². The third-order valence-corrected chi connectivity index (χ3v) is 0.759. The molecule has 0 aromatic rings. The molecule has 1 heteroatoms. The van der Waals surface area contributed by atoms with Gasteiger partial charge in [0.2, 0.25) is 0 Å². The van der Waals surface area contributed by atoms with E-state index in [4.69, 9.17) is 0 Å². The second-order valence-electron chi connectivity index (χ2n) is 1.31. The Hall–Kier alpha value is -0.850. The minimum absolute atomic E-state index is 0.799. The SMILES string of the molecule is C=CC(C=C)=NCC. The van der Waals surface area contributed by atoms with Crippen LogP contribution in [0.2, 0.25) is 0 Å². The van der Waals surface area contributed by atoms with Crippen molar-refractivity contribution in [1.82, 2.24) is 0 Å². The summed E-state index contributed by atoms with van der Waals surface area (Å²) in [4.78, 5) is 4.04. The topological polar surface area (TPSA) is 12.4 Å². The van der Waals surface area contributed by atoms with E-state index in [2.05, 4.69) is 18.2 Å². The van der Waals surface area contributed by atoms with E-state index >= 15 is 0 Å². The van der Waals surface area contributed by atoms with E-state index < -0.39 is 0 Å². The summed E-state index contributed by atoms with van der Waals surface area (Å²) in [5.41, 5.74) is 0.868. The van der Waals surface area contributed by atoms with Crippen LogP contribution in [0.4, 0.5) is 0 Å². The lowest BCUT2D eigenvalue weighted by molar-refractivity contribution is 1.13. The molecule has 0 aliphatic carbocycles. The highest BCUT2D eigenvalue weighted by Gasteiger charge is 1.77. The molecule has 0 aromatic carbocycles. The first-order chi connectivity index (χ1) is 3.85. The molecule has 0 saturated carbocycles. The van der Waals surface area contributed by atoms with Gasteiger partial charge in [-0.15, -0.1) is 0 Å². The number of allylic oxidation sites excluding steroid dienone is 2. The fourth-order valence-electron chi connectivity index (χ4n) is 0.395. The fraction of sp³-hybridized carbons (Fsp3) is 0.286. The Labute approximate surface area is 50.4 Å². The molecule has 0 aliphatic rings. The molecule has 8 heavy (non-hydrogen) atoms. The molecule has 0 unspecified atom stereocenters. The normalized spacial score (nSPS) is 7.62. The van der Waals surface area contributed by atoms with Gasteiger partial charge in [0.1, 0.15) is 0 Å². The molecule has 0 bridgehead atoms. The zero-order valence-corrected chi connectivity index (χ0v) is 5.22. The highest BCUT2D eigenvalue weighted by atomic mass is 14.7. The van der Waals surface area contributed by atoms with Crippen molar-refractivity contribution in [1.29, 1.82) is 0 Å². The van der Waals surface area contributed by atoms with Crippen molar-refractivity contribution in [3.63, 3.8) is 0 Å². The second kappa shape index (κ2) is 4.31. The lowest BCUT2D eigenvalue weighted by atomic mass is 10.4. The third kappa shape index (κ3) is 2.35. The lowest BCUT2D eigenvalue weighted by Gasteiger charge is -1.86. The summed E-state index contributed by atoms with van der Waals surface area (Å²) in [7, 11) is 0. The Morgan fingerprint density at radius 3 is 2.12 bits per heavy atom. The zero-order chi connectivity index (χ0) is 6.41. The van der Waals surface area contributed by atoms with Crippen LogP contribution < -0.4 is 0 Å². The molecule has 0 atom stereocenters. The maximum absolute atomic E-state index is 4.04. The van der Waals surface area contributed by atoms with Crippen LogP contribution in [0.25, 0.3) is 0 Å². The van der Waals surface area contributed by atoms with Crippen molar-refractivity contribution in [3.05, 3.63) is 25.3 Å². The summed E-state index contributed by atoms with van der Waals surface area (Å²) >= 11 is 0. The Morgan fingerprint density at radius 2 is 2.00 bits per heavy atom. The molecule has 0 aliphatic heterocycles. The molecule has 0 saturated heterocycles. The maximum Gasteiger partial charge on any atom is 0.0562 e. The molecule has 0 N–H and O–H groups in total. The summed E-state index contributed by atoms with van der Waals surface area (Å²) in [6.45, 7) is 9.88. The molecule has 0 fully saturated rings. The first-order valence-electron chi connectivity index (χ1n) is 2.64. The van der Waals surface area contributed by atoms with E-state index in [0.29, 0.717) is 0 Å². The van der Waals surface area contributed by atoms with E-state index in [1.54, 1.807) is 12.2 Å². The van der Waals surface area contributed by atoms with Crippen molar-refractivity contribution >= 4 is 5.71 Å². The zero-order valence-electron chi connectivity index (χ0n) is 5.22. The van der Waals surface area contributed by atoms with Crippen LogP contribution in [0, 0.1) is 0 Å². The summed E-state index contributed by atoms with van der Waals surface area (Å²) in [6, 6.07) is 0. The van der Waals surface area contributed by atoms with Crippen molar-refractivity contribution in [2.24, 2.45) is 4.99 Å². The van der Waals surface area contributed by atoms with Gasteiger partial charge in [-0.3, -0.25) is 4.99 Å². The summed E-state index contributed by atoms with van der Waals surface area (Å²) in [5.74, 6) is 0. The highest BCUT2D eigenvalue weighted by Crippen LogP contribution is 1.79. The van der Waals surface area contributed by atoms with E-state index in [9.17, 15) is 0 Å². The minimum atomic E-state index is 0.799. The van der Waals surface area contributed by atoms with Crippen molar-refractivity contribution in [2.75, 3.05) is 6.54 Å². The van der Waals surface area contributed by atoms with Gasteiger partial charge in [-0.25, -0.2) is 0 Å². The molecule has 0 heterocycles. The number of hydrogen-bond acceptors (Lipinski definition) is 1.